The Kier molecular flexibility index (Phi) is 3.71. The van der Waals surface area contributed by atoms with Gasteiger partial charge in [0.1, 0.15) is 0 Å². The molecular weight excluding hydrogens is 202 g/mol. The van der Waals surface area contributed by atoms with Gasteiger partial charge in [-0.1, -0.05) is 24.3 Å². The van der Waals surface area contributed by atoms with Crippen molar-refractivity contribution in [1.82, 2.24) is 5.32 Å². The van der Waals surface area contributed by atoms with Crippen LogP contribution >= 0.6 is 11.8 Å². The molecule has 0 amide bonds. The van der Waals surface area contributed by atoms with E-state index in [-0.39, 0.29) is 0 Å². The Morgan fingerprint density at radius 3 is 3.20 bits per heavy atom. The summed E-state index contributed by atoms with van der Waals surface area (Å²) < 4.78 is 0. The maximum atomic E-state index is 5.24. The van der Waals surface area contributed by atoms with Gasteiger partial charge in [0.15, 0.2) is 0 Å². The second-order valence-electron chi connectivity index (χ2n) is 3.67. The van der Waals surface area contributed by atoms with Gasteiger partial charge in [0.05, 0.1) is 0 Å². The standard InChI is InChI=1S/C13H15NS/c1-2-3-8-14-13-10-15-9-11-6-4-5-7-12(11)13/h1,4-7,13-14H,3,8-10H2. The maximum absolute atomic E-state index is 5.24. The Morgan fingerprint density at radius 1 is 1.47 bits per heavy atom. The average Bonchev–Trinajstić information content (AvgIpc) is 2.30. The van der Waals surface area contributed by atoms with Crippen molar-refractivity contribution in [2.45, 2.75) is 18.2 Å². The molecule has 2 rings (SSSR count). The first-order valence-corrected chi connectivity index (χ1v) is 6.39. The zero-order chi connectivity index (χ0) is 10.5. The summed E-state index contributed by atoms with van der Waals surface area (Å²) in [6.45, 7) is 0.913. The highest BCUT2D eigenvalue weighted by Crippen LogP contribution is 2.31. The second kappa shape index (κ2) is 5.25. The molecule has 2 heteroatoms. The second-order valence-corrected chi connectivity index (χ2v) is 4.71. The molecule has 1 heterocycles. The van der Waals surface area contributed by atoms with Crippen LogP contribution in [-0.2, 0) is 5.75 Å². The van der Waals surface area contributed by atoms with Crippen LogP contribution in [0.25, 0.3) is 0 Å². The molecule has 15 heavy (non-hydrogen) atoms. The molecule has 0 aromatic heterocycles. The highest BCUT2D eigenvalue weighted by atomic mass is 32.2. The van der Waals surface area contributed by atoms with Crippen molar-refractivity contribution in [2.75, 3.05) is 12.3 Å². The number of rotatable bonds is 3. The minimum atomic E-state index is 0.480. The summed E-state index contributed by atoms with van der Waals surface area (Å²) in [5, 5.41) is 3.52. The average molecular weight is 217 g/mol. The number of terminal acetylenes is 1. The third-order valence-corrected chi connectivity index (χ3v) is 3.72. The Bertz CT molecular complexity index is 367. The van der Waals surface area contributed by atoms with Crippen molar-refractivity contribution >= 4 is 11.8 Å². The van der Waals surface area contributed by atoms with Gasteiger partial charge in [-0.25, -0.2) is 0 Å². The Hall–Kier alpha value is -0.910. The van der Waals surface area contributed by atoms with Crippen LogP contribution in [0.5, 0.6) is 0 Å². The molecule has 0 saturated heterocycles. The van der Waals surface area contributed by atoms with Gasteiger partial charge in [0.25, 0.3) is 0 Å². The van der Waals surface area contributed by atoms with Crippen molar-refractivity contribution in [3.05, 3.63) is 35.4 Å². The van der Waals surface area contributed by atoms with E-state index in [0.29, 0.717) is 6.04 Å². The number of hydrogen-bond donors (Lipinski definition) is 1. The molecule has 0 fully saturated rings. The molecule has 78 valence electrons. The van der Waals surface area contributed by atoms with Crippen LogP contribution in [0.4, 0.5) is 0 Å². The van der Waals surface area contributed by atoms with E-state index in [4.69, 9.17) is 6.42 Å². The number of benzene rings is 1. The number of nitrogens with one attached hydrogen (secondary N) is 1. The number of hydrogen-bond acceptors (Lipinski definition) is 2. The van der Waals surface area contributed by atoms with Gasteiger partial charge in [-0.15, -0.1) is 12.3 Å². The fourth-order valence-electron chi connectivity index (χ4n) is 1.87. The molecule has 1 atom stereocenters. The predicted molar refractivity (Wildman–Crippen MR) is 66.8 cm³/mol. The summed E-state index contributed by atoms with van der Waals surface area (Å²) in [5.74, 6) is 4.96. The van der Waals surface area contributed by atoms with Crippen LogP contribution in [0.15, 0.2) is 24.3 Å². The van der Waals surface area contributed by atoms with Crippen molar-refractivity contribution in [3.63, 3.8) is 0 Å². The van der Waals surface area contributed by atoms with Crippen LogP contribution in [0.1, 0.15) is 23.6 Å². The summed E-state index contributed by atoms with van der Waals surface area (Å²) in [6.07, 6.45) is 6.05. The van der Waals surface area contributed by atoms with E-state index in [2.05, 4.69) is 35.5 Å². The first-order valence-electron chi connectivity index (χ1n) is 5.24. The number of fused-ring (bicyclic) bond motifs is 1. The van der Waals surface area contributed by atoms with E-state index in [1.807, 2.05) is 11.8 Å². The van der Waals surface area contributed by atoms with Gasteiger partial charge in [-0.3, -0.25) is 0 Å². The van der Waals surface area contributed by atoms with Gasteiger partial charge in [-0.05, 0) is 11.1 Å². The Labute approximate surface area is 95.7 Å². The molecule has 1 aliphatic heterocycles. The zero-order valence-electron chi connectivity index (χ0n) is 8.70. The van der Waals surface area contributed by atoms with E-state index >= 15 is 0 Å². The van der Waals surface area contributed by atoms with Crippen LogP contribution in [-0.4, -0.2) is 12.3 Å². The third-order valence-electron chi connectivity index (χ3n) is 2.63. The lowest BCUT2D eigenvalue weighted by molar-refractivity contribution is 0.584. The Morgan fingerprint density at radius 2 is 2.33 bits per heavy atom. The van der Waals surface area contributed by atoms with Crippen LogP contribution in [0, 0.1) is 12.3 Å². The van der Waals surface area contributed by atoms with Gasteiger partial charge >= 0.3 is 0 Å². The minimum absolute atomic E-state index is 0.480. The molecule has 0 spiro atoms. The van der Waals surface area contributed by atoms with Crippen LogP contribution in [0.3, 0.4) is 0 Å². The van der Waals surface area contributed by atoms with Gasteiger partial charge in [0, 0.05) is 30.5 Å². The molecule has 1 aromatic carbocycles. The molecule has 1 N–H and O–H groups in total. The smallest absolute Gasteiger partial charge is 0.0415 e. The Balaban J connectivity index is 2.06. The van der Waals surface area contributed by atoms with Gasteiger partial charge in [0.2, 0.25) is 0 Å². The monoisotopic (exact) mass is 217 g/mol. The van der Waals surface area contributed by atoms with E-state index in [0.717, 1.165) is 24.5 Å². The van der Waals surface area contributed by atoms with E-state index < -0.39 is 0 Å². The van der Waals surface area contributed by atoms with E-state index in [9.17, 15) is 0 Å². The molecule has 0 saturated carbocycles. The lowest BCUT2D eigenvalue weighted by Gasteiger charge is -2.25. The zero-order valence-corrected chi connectivity index (χ0v) is 9.52. The van der Waals surface area contributed by atoms with E-state index in [1.165, 1.54) is 11.1 Å². The molecule has 1 unspecified atom stereocenters. The minimum Gasteiger partial charge on any atom is -0.308 e. The van der Waals surface area contributed by atoms with Gasteiger partial charge < -0.3 is 5.32 Å². The van der Waals surface area contributed by atoms with Crippen LogP contribution in [0.2, 0.25) is 0 Å². The fraction of sp³-hybridized carbons (Fsp3) is 0.385. The third kappa shape index (κ3) is 2.56. The van der Waals surface area contributed by atoms with Crippen molar-refractivity contribution in [1.29, 1.82) is 0 Å². The molecule has 0 bridgehead atoms. The lowest BCUT2D eigenvalue weighted by atomic mass is 10.0. The maximum Gasteiger partial charge on any atom is 0.0415 e. The molecule has 1 nitrogen and oxygen atoms in total. The quantitative estimate of drug-likeness (QED) is 0.617. The molecule has 1 aromatic rings. The fourth-order valence-corrected chi connectivity index (χ4v) is 3.00. The molecule has 1 aliphatic rings. The van der Waals surface area contributed by atoms with Crippen molar-refractivity contribution in [2.24, 2.45) is 0 Å². The van der Waals surface area contributed by atoms with Crippen molar-refractivity contribution in [3.8, 4) is 12.3 Å². The summed E-state index contributed by atoms with van der Waals surface area (Å²) in [4.78, 5) is 0. The summed E-state index contributed by atoms with van der Waals surface area (Å²) in [7, 11) is 0. The SMILES string of the molecule is C#CCCNC1CSCc2ccccc21. The first kappa shape index (κ1) is 10.6. The van der Waals surface area contributed by atoms with Crippen molar-refractivity contribution < 1.29 is 0 Å². The molecular formula is C13H15NS. The lowest BCUT2D eigenvalue weighted by Crippen LogP contribution is -2.27. The van der Waals surface area contributed by atoms with E-state index in [1.54, 1.807) is 0 Å². The predicted octanol–water partition coefficient (Wildman–Crippen LogP) is 2.59. The normalized spacial score (nSPS) is 19.3. The largest absolute Gasteiger partial charge is 0.308 e. The summed E-state index contributed by atoms with van der Waals surface area (Å²) in [6, 6.07) is 9.15. The van der Waals surface area contributed by atoms with Crippen LogP contribution < -0.4 is 5.32 Å². The highest BCUT2D eigenvalue weighted by molar-refractivity contribution is 7.98. The first-order chi connectivity index (χ1) is 7.42. The highest BCUT2D eigenvalue weighted by Gasteiger charge is 2.18. The molecule has 0 aliphatic carbocycles. The topological polar surface area (TPSA) is 12.0 Å². The molecule has 0 radical (unpaired) electrons. The summed E-state index contributed by atoms with van der Waals surface area (Å²) in [5.41, 5.74) is 2.92. The summed E-state index contributed by atoms with van der Waals surface area (Å²) >= 11 is 1.99. The number of thioether (sulfide) groups is 1. The van der Waals surface area contributed by atoms with Gasteiger partial charge in [-0.2, -0.15) is 11.8 Å².